The highest BCUT2D eigenvalue weighted by Gasteiger charge is 2.20. The van der Waals surface area contributed by atoms with Crippen LogP contribution in [0.3, 0.4) is 0 Å². The molecule has 0 bridgehead atoms. The van der Waals surface area contributed by atoms with Gasteiger partial charge in [0.1, 0.15) is 0 Å². The van der Waals surface area contributed by atoms with Crippen molar-refractivity contribution in [3.8, 4) is 0 Å². The molecular formula is C11H17NS. The van der Waals surface area contributed by atoms with Gasteiger partial charge in [-0.25, -0.2) is 0 Å². The predicted molar refractivity (Wildman–Crippen MR) is 61.2 cm³/mol. The number of hydrogen-bond acceptors (Lipinski definition) is 2. The first-order valence-electron chi connectivity index (χ1n) is 4.51. The fourth-order valence-electron chi connectivity index (χ4n) is 1.44. The van der Waals surface area contributed by atoms with E-state index < -0.39 is 0 Å². The summed E-state index contributed by atoms with van der Waals surface area (Å²) in [6.45, 7) is 4.98. The summed E-state index contributed by atoms with van der Waals surface area (Å²) >= 11 is 4.36. The van der Waals surface area contributed by atoms with Gasteiger partial charge in [-0.05, 0) is 22.3 Å². The van der Waals surface area contributed by atoms with Crippen molar-refractivity contribution in [2.45, 2.75) is 25.8 Å². The van der Waals surface area contributed by atoms with Gasteiger partial charge in [0.05, 0.1) is 0 Å². The Kier molecular flexibility index (Phi) is 3.40. The van der Waals surface area contributed by atoms with Crippen LogP contribution in [0.25, 0.3) is 0 Å². The van der Waals surface area contributed by atoms with Gasteiger partial charge >= 0.3 is 0 Å². The second-order valence-corrected chi connectivity index (χ2v) is 4.22. The SMILES string of the molecule is CC(C)(CS)c1ccccc1CN. The molecule has 1 aromatic carbocycles. The van der Waals surface area contributed by atoms with Crippen molar-refractivity contribution in [1.82, 2.24) is 0 Å². The van der Waals surface area contributed by atoms with E-state index in [1.54, 1.807) is 0 Å². The lowest BCUT2D eigenvalue weighted by Crippen LogP contribution is -2.22. The van der Waals surface area contributed by atoms with Crippen LogP contribution in [0.5, 0.6) is 0 Å². The highest BCUT2D eigenvalue weighted by atomic mass is 32.1. The van der Waals surface area contributed by atoms with Crippen molar-refractivity contribution in [1.29, 1.82) is 0 Å². The van der Waals surface area contributed by atoms with Crippen LogP contribution in [0.15, 0.2) is 24.3 Å². The minimum Gasteiger partial charge on any atom is -0.326 e. The lowest BCUT2D eigenvalue weighted by Gasteiger charge is -2.25. The molecule has 0 heterocycles. The molecule has 0 fully saturated rings. The van der Waals surface area contributed by atoms with E-state index in [1.165, 1.54) is 11.1 Å². The van der Waals surface area contributed by atoms with Gasteiger partial charge in [-0.3, -0.25) is 0 Å². The summed E-state index contributed by atoms with van der Waals surface area (Å²) in [5.41, 5.74) is 8.32. The Morgan fingerprint density at radius 3 is 2.46 bits per heavy atom. The molecule has 0 spiro atoms. The monoisotopic (exact) mass is 195 g/mol. The van der Waals surface area contributed by atoms with E-state index in [2.05, 4.69) is 44.7 Å². The van der Waals surface area contributed by atoms with E-state index in [-0.39, 0.29) is 5.41 Å². The summed E-state index contributed by atoms with van der Waals surface area (Å²) in [4.78, 5) is 0. The largest absolute Gasteiger partial charge is 0.326 e. The van der Waals surface area contributed by atoms with Crippen LogP contribution in [0.2, 0.25) is 0 Å². The van der Waals surface area contributed by atoms with E-state index in [0.29, 0.717) is 6.54 Å². The number of benzene rings is 1. The molecular weight excluding hydrogens is 178 g/mol. The molecule has 0 aliphatic rings. The number of nitrogens with two attached hydrogens (primary N) is 1. The number of hydrogen-bond donors (Lipinski definition) is 2. The molecule has 0 aliphatic heterocycles. The maximum atomic E-state index is 5.68. The smallest absolute Gasteiger partial charge is 0.0181 e. The Balaban J connectivity index is 3.12. The molecule has 1 aromatic rings. The van der Waals surface area contributed by atoms with E-state index in [0.717, 1.165) is 5.75 Å². The highest BCUT2D eigenvalue weighted by Crippen LogP contribution is 2.27. The van der Waals surface area contributed by atoms with Gasteiger partial charge in [-0.15, -0.1) is 0 Å². The molecule has 1 rings (SSSR count). The summed E-state index contributed by atoms with van der Waals surface area (Å²) < 4.78 is 0. The van der Waals surface area contributed by atoms with Crippen molar-refractivity contribution >= 4 is 12.6 Å². The zero-order chi connectivity index (χ0) is 9.90. The number of thiol groups is 1. The topological polar surface area (TPSA) is 26.0 Å². The molecule has 0 aliphatic carbocycles. The molecule has 0 aromatic heterocycles. The maximum Gasteiger partial charge on any atom is 0.0181 e. The third kappa shape index (κ3) is 2.26. The van der Waals surface area contributed by atoms with Gasteiger partial charge in [-0.2, -0.15) is 12.6 Å². The first kappa shape index (κ1) is 10.6. The van der Waals surface area contributed by atoms with Crippen molar-refractivity contribution in [3.63, 3.8) is 0 Å². The Hall–Kier alpha value is -0.470. The van der Waals surface area contributed by atoms with E-state index in [4.69, 9.17) is 5.73 Å². The van der Waals surface area contributed by atoms with Crippen LogP contribution >= 0.6 is 12.6 Å². The van der Waals surface area contributed by atoms with Gasteiger partial charge < -0.3 is 5.73 Å². The standard InChI is InChI=1S/C11H17NS/c1-11(2,8-13)10-6-4-3-5-9(10)7-12/h3-6,13H,7-8,12H2,1-2H3. The molecule has 0 atom stereocenters. The zero-order valence-corrected chi connectivity index (χ0v) is 9.14. The van der Waals surface area contributed by atoms with Gasteiger partial charge in [0, 0.05) is 6.54 Å². The van der Waals surface area contributed by atoms with Crippen molar-refractivity contribution < 1.29 is 0 Å². The molecule has 0 unspecified atom stereocenters. The number of rotatable bonds is 3. The fraction of sp³-hybridized carbons (Fsp3) is 0.455. The van der Waals surface area contributed by atoms with Crippen LogP contribution in [0, 0.1) is 0 Å². The summed E-state index contributed by atoms with van der Waals surface area (Å²) in [6, 6.07) is 8.30. The minimum absolute atomic E-state index is 0.110. The third-order valence-corrected chi connectivity index (χ3v) is 3.15. The quantitative estimate of drug-likeness (QED) is 0.711. The lowest BCUT2D eigenvalue weighted by molar-refractivity contribution is 0.596. The molecule has 0 radical (unpaired) electrons. The molecule has 2 N–H and O–H groups in total. The van der Waals surface area contributed by atoms with Gasteiger partial charge in [0.25, 0.3) is 0 Å². The average Bonchev–Trinajstić information content (AvgIpc) is 2.18. The normalized spacial score (nSPS) is 11.7. The fourth-order valence-corrected chi connectivity index (χ4v) is 1.61. The minimum atomic E-state index is 0.110. The Morgan fingerprint density at radius 2 is 1.92 bits per heavy atom. The summed E-state index contributed by atoms with van der Waals surface area (Å²) in [5.74, 6) is 0.837. The predicted octanol–water partition coefficient (Wildman–Crippen LogP) is 2.35. The summed E-state index contributed by atoms with van der Waals surface area (Å²) in [5, 5.41) is 0. The highest BCUT2D eigenvalue weighted by molar-refractivity contribution is 7.80. The van der Waals surface area contributed by atoms with Crippen LogP contribution in [0.1, 0.15) is 25.0 Å². The maximum absolute atomic E-state index is 5.68. The molecule has 1 nitrogen and oxygen atoms in total. The second-order valence-electron chi connectivity index (χ2n) is 3.90. The van der Waals surface area contributed by atoms with Gasteiger partial charge in [0.2, 0.25) is 0 Å². The van der Waals surface area contributed by atoms with Crippen LogP contribution in [-0.2, 0) is 12.0 Å². The molecule has 72 valence electrons. The van der Waals surface area contributed by atoms with Crippen molar-refractivity contribution in [2.24, 2.45) is 5.73 Å². The van der Waals surface area contributed by atoms with Crippen LogP contribution in [0.4, 0.5) is 0 Å². The Bertz CT molecular complexity index is 281. The van der Waals surface area contributed by atoms with E-state index in [9.17, 15) is 0 Å². The van der Waals surface area contributed by atoms with Crippen molar-refractivity contribution in [3.05, 3.63) is 35.4 Å². The van der Waals surface area contributed by atoms with Gasteiger partial charge in [-0.1, -0.05) is 38.1 Å². The first-order valence-corrected chi connectivity index (χ1v) is 5.14. The van der Waals surface area contributed by atoms with Crippen LogP contribution < -0.4 is 5.73 Å². The molecule has 0 amide bonds. The van der Waals surface area contributed by atoms with Crippen molar-refractivity contribution in [2.75, 3.05) is 5.75 Å². The summed E-state index contributed by atoms with van der Waals surface area (Å²) in [6.07, 6.45) is 0. The van der Waals surface area contributed by atoms with E-state index in [1.807, 2.05) is 6.07 Å². The first-order chi connectivity index (χ1) is 6.11. The molecule has 2 heteroatoms. The molecule has 0 saturated heterocycles. The van der Waals surface area contributed by atoms with Crippen LogP contribution in [-0.4, -0.2) is 5.75 Å². The Morgan fingerprint density at radius 1 is 1.31 bits per heavy atom. The second kappa shape index (κ2) is 4.16. The Labute approximate surface area is 85.8 Å². The van der Waals surface area contributed by atoms with Gasteiger partial charge in [0.15, 0.2) is 0 Å². The molecule has 13 heavy (non-hydrogen) atoms. The lowest BCUT2D eigenvalue weighted by atomic mass is 9.83. The third-order valence-electron chi connectivity index (χ3n) is 2.36. The molecule has 0 saturated carbocycles. The zero-order valence-electron chi connectivity index (χ0n) is 8.25. The average molecular weight is 195 g/mol. The summed E-state index contributed by atoms with van der Waals surface area (Å²) in [7, 11) is 0. The van der Waals surface area contributed by atoms with E-state index >= 15 is 0 Å².